The third-order valence-electron chi connectivity index (χ3n) is 4.37. The molecule has 0 amide bonds. The lowest BCUT2D eigenvalue weighted by atomic mass is 10.2. The second-order valence-corrected chi connectivity index (χ2v) is 6.77. The summed E-state index contributed by atoms with van der Waals surface area (Å²) in [6.45, 7) is 5.38. The molecule has 1 aromatic heterocycles. The Morgan fingerprint density at radius 2 is 1.86 bits per heavy atom. The van der Waals surface area contributed by atoms with Crippen LogP contribution in [0.2, 0.25) is 5.02 Å². The van der Waals surface area contributed by atoms with Crippen molar-refractivity contribution < 1.29 is 9.26 Å². The highest BCUT2D eigenvalue weighted by molar-refractivity contribution is 6.30. The van der Waals surface area contributed by atoms with Gasteiger partial charge in [0.15, 0.2) is 6.61 Å². The molecule has 0 radical (unpaired) electrons. The van der Waals surface area contributed by atoms with Gasteiger partial charge in [0.1, 0.15) is 5.75 Å². The Hall–Kier alpha value is -2.57. The number of nitrogens with zero attached hydrogens (tertiary/aromatic N) is 3. The van der Waals surface area contributed by atoms with Gasteiger partial charge in [-0.15, -0.1) is 0 Å². The van der Waals surface area contributed by atoms with Crippen LogP contribution < -0.4 is 15.0 Å². The molecule has 0 fully saturated rings. The normalized spacial score (nSPS) is 10.8. The van der Waals surface area contributed by atoms with Crippen LogP contribution >= 0.6 is 11.6 Å². The van der Waals surface area contributed by atoms with E-state index >= 15 is 0 Å². The fraction of sp³-hybridized carbons (Fsp3) is 0.333. The van der Waals surface area contributed by atoms with Crippen molar-refractivity contribution in [3.05, 3.63) is 59.4 Å². The van der Waals surface area contributed by atoms with E-state index in [1.165, 1.54) is 5.69 Å². The Kier molecular flexibility index (Phi) is 7.28. The monoisotopic (exact) mass is 400 g/mol. The molecular weight excluding hydrogens is 376 g/mol. The van der Waals surface area contributed by atoms with Crippen LogP contribution in [0.5, 0.6) is 5.75 Å². The van der Waals surface area contributed by atoms with Gasteiger partial charge in [0.25, 0.3) is 5.89 Å². The van der Waals surface area contributed by atoms with E-state index in [0.29, 0.717) is 22.5 Å². The van der Waals surface area contributed by atoms with Gasteiger partial charge < -0.3 is 19.5 Å². The minimum absolute atomic E-state index is 0.210. The number of anilines is 1. The minimum atomic E-state index is 0.210. The molecule has 3 aromatic rings. The Morgan fingerprint density at radius 1 is 1.11 bits per heavy atom. The van der Waals surface area contributed by atoms with E-state index in [1.807, 2.05) is 19.2 Å². The van der Waals surface area contributed by atoms with Crippen molar-refractivity contribution in [2.45, 2.75) is 20.0 Å². The van der Waals surface area contributed by atoms with E-state index in [-0.39, 0.29) is 6.61 Å². The Morgan fingerprint density at radius 3 is 2.54 bits per heavy atom. The average molecular weight is 401 g/mol. The summed E-state index contributed by atoms with van der Waals surface area (Å²) in [5, 5.41) is 7.91. The van der Waals surface area contributed by atoms with E-state index in [0.717, 1.165) is 31.6 Å². The lowest BCUT2D eigenvalue weighted by Crippen LogP contribution is -2.26. The van der Waals surface area contributed by atoms with Crippen LogP contribution in [0, 0.1) is 0 Å². The molecule has 0 atom stereocenters. The standard InChI is InChI=1S/C21H25ClN4O2/c1-3-26(14-4-13-23-2)18-9-5-16(6-10-18)21-24-20(28-25-21)15-27-19-11-7-17(22)8-12-19/h5-12,23H,3-4,13-15H2,1-2H3. The van der Waals surface area contributed by atoms with Crippen LogP contribution in [0.15, 0.2) is 53.1 Å². The fourth-order valence-electron chi connectivity index (χ4n) is 2.84. The zero-order valence-corrected chi connectivity index (χ0v) is 16.9. The third-order valence-corrected chi connectivity index (χ3v) is 4.62. The van der Waals surface area contributed by atoms with Gasteiger partial charge in [-0.05, 0) is 75.5 Å². The lowest BCUT2D eigenvalue weighted by Gasteiger charge is -2.23. The summed E-state index contributed by atoms with van der Waals surface area (Å²) in [5.74, 6) is 1.68. The first-order valence-corrected chi connectivity index (χ1v) is 9.78. The molecule has 28 heavy (non-hydrogen) atoms. The smallest absolute Gasteiger partial charge is 0.264 e. The molecule has 148 valence electrons. The number of rotatable bonds is 10. The van der Waals surface area contributed by atoms with E-state index in [2.05, 4.69) is 39.4 Å². The van der Waals surface area contributed by atoms with Gasteiger partial charge in [-0.2, -0.15) is 4.98 Å². The number of hydrogen-bond donors (Lipinski definition) is 1. The number of hydrogen-bond acceptors (Lipinski definition) is 6. The molecule has 1 N–H and O–H groups in total. The zero-order valence-electron chi connectivity index (χ0n) is 16.2. The molecule has 0 unspecified atom stereocenters. The lowest BCUT2D eigenvalue weighted by molar-refractivity contribution is 0.243. The van der Waals surface area contributed by atoms with Crippen LogP contribution in [-0.4, -0.2) is 36.8 Å². The van der Waals surface area contributed by atoms with Gasteiger partial charge in [0, 0.05) is 29.4 Å². The Labute approximate surface area is 170 Å². The molecule has 0 aliphatic rings. The molecule has 0 aliphatic carbocycles. The quantitative estimate of drug-likeness (QED) is 0.509. The molecule has 2 aromatic carbocycles. The van der Waals surface area contributed by atoms with Gasteiger partial charge >= 0.3 is 0 Å². The maximum absolute atomic E-state index is 5.87. The predicted molar refractivity (Wildman–Crippen MR) is 112 cm³/mol. The molecule has 0 spiro atoms. The van der Waals surface area contributed by atoms with E-state index in [9.17, 15) is 0 Å². The minimum Gasteiger partial charge on any atom is -0.484 e. The Balaban J connectivity index is 1.60. The average Bonchev–Trinajstić information content (AvgIpc) is 3.20. The summed E-state index contributed by atoms with van der Waals surface area (Å²) < 4.78 is 10.9. The van der Waals surface area contributed by atoms with Gasteiger partial charge in [0.2, 0.25) is 5.82 Å². The van der Waals surface area contributed by atoms with Gasteiger partial charge in [-0.3, -0.25) is 0 Å². The van der Waals surface area contributed by atoms with Crippen molar-refractivity contribution in [2.24, 2.45) is 0 Å². The van der Waals surface area contributed by atoms with E-state index in [4.69, 9.17) is 20.9 Å². The first kappa shape index (κ1) is 20.2. The highest BCUT2D eigenvalue weighted by Crippen LogP contribution is 2.22. The van der Waals surface area contributed by atoms with Crippen LogP contribution in [0.3, 0.4) is 0 Å². The summed E-state index contributed by atoms with van der Waals surface area (Å²) in [7, 11) is 1.98. The van der Waals surface area contributed by atoms with Crippen molar-refractivity contribution in [3.63, 3.8) is 0 Å². The molecule has 0 saturated heterocycles. The first-order chi connectivity index (χ1) is 13.7. The highest BCUT2D eigenvalue weighted by atomic mass is 35.5. The summed E-state index contributed by atoms with van der Waals surface area (Å²) in [6, 6.07) is 15.4. The SMILES string of the molecule is CCN(CCCNC)c1ccc(-c2noc(COc3ccc(Cl)cc3)n2)cc1. The molecule has 1 heterocycles. The number of benzene rings is 2. The fourth-order valence-corrected chi connectivity index (χ4v) is 2.97. The maximum atomic E-state index is 5.87. The van der Waals surface area contributed by atoms with Crippen LogP contribution in [-0.2, 0) is 6.61 Å². The number of nitrogens with one attached hydrogen (secondary N) is 1. The molecule has 3 rings (SSSR count). The molecule has 0 saturated carbocycles. The molecule has 0 bridgehead atoms. The van der Waals surface area contributed by atoms with Crippen molar-refractivity contribution in [3.8, 4) is 17.1 Å². The number of halogens is 1. The highest BCUT2D eigenvalue weighted by Gasteiger charge is 2.11. The second-order valence-electron chi connectivity index (χ2n) is 6.34. The molecule has 6 nitrogen and oxygen atoms in total. The number of aromatic nitrogens is 2. The molecular formula is C21H25ClN4O2. The maximum Gasteiger partial charge on any atom is 0.264 e. The van der Waals surface area contributed by atoms with Gasteiger partial charge in [-0.1, -0.05) is 16.8 Å². The topological polar surface area (TPSA) is 63.4 Å². The van der Waals surface area contributed by atoms with Crippen molar-refractivity contribution in [2.75, 3.05) is 31.6 Å². The summed E-state index contributed by atoms with van der Waals surface area (Å²) >= 11 is 5.87. The summed E-state index contributed by atoms with van der Waals surface area (Å²) in [5.41, 5.74) is 2.11. The van der Waals surface area contributed by atoms with E-state index < -0.39 is 0 Å². The second kappa shape index (κ2) is 10.1. The van der Waals surface area contributed by atoms with Crippen molar-refractivity contribution >= 4 is 17.3 Å². The summed E-state index contributed by atoms with van der Waals surface area (Å²) in [6.07, 6.45) is 1.11. The Bertz CT molecular complexity index is 850. The van der Waals surface area contributed by atoms with Crippen LogP contribution in [0.25, 0.3) is 11.4 Å². The zero-order chi connectivity index (χ0) is 19.8. The first-order valence-electron chi connectivity index (χ1n) is 9.40. The largest absolute Gasteiger partial charge is 0.484 e. The van der Waals surface area contributed by atoms with Gasteiger partial charge in [-0.25, -0.2) is 0 Å². The van der Waals surface area contributed by atoms with Crippen LogP contribution in [0.4, 0.5) is 5.69 Å². The predicted octanol–water partition coefficient (Wildman–Crippen LogP) is 4.40. The molecule has 7 heteroatoms. The third kappa shape index (κ3) is 5.47. The van der Waals surface area contributed by atoms with Gasteiger partial charge in [0.05, 0.1) is 0 Å². The van der Waals surface area contributed by atoms with E-state index in [1.54, 1.807) is 24.3 Å². The summed E-state index contributed by atoms with van der Waals surface area (Å²) in [4.78, 5) is 6.77. The van der Waals surface area contributed by atoms with Crippen molar-refractivity contribution in [1.82, 2.24) is 15.5 Å². The van der Waals surface area contributed by atoms with Crippen molar-refractivity contribution in [1.29, 1.82) is 0 Å². The number of ether oxygens (including phenoxy) is 1. The van der Waals surface area contributed by atoms with Crippen LogP contribution in [0.1, 0.15) is 19.2 Å². The molecule has 0 aliphatic heterocycles.